The van der Waals surface area contributed by atoms with E-state index in [0.29, 0.717) is 11.3 Å². The molecular formula is C18H20N2O2S. The van der Waals surface area contributed by atoms with E-state index in [1.807, 2.05) is 20.8 Å². The summed E-state index contributed by atoms with van der Waals surface area (Å²) in [5, 5.41) is 6.07. The number of methoxy groups -OCH3 is 1. The summed E-state index contributed by atoms with van der Waals surface area (Å²) in [5.74, 6) is 0.445. The van der Waals surface area contributed by atoms with Gasteiger partial charge in [0.1, 0.15) is 5.75 Å². The van der Waals surface area contributed by atoms with Crippen LogP contribution in [0.5, 0.6) is 5.75 Å². The van der Waals surface area contributed by atoms with Crippen molar-refractivity contribution in [3.05, 3.63) is 58.7 Å². The van der Waals surface area contributed by atoms with Crippen LogP contribution in [0.3, 0.4) is 0 Å². The van der Waals surface area contributed by atoms with E-state index in [-0.39, 0.29) is 11.0 Å². The maximum absolute atomic E-state index is 12.2. The number of nitrogens with one attached hydrogen (secondary N) is 2. The molecule has 0 atom stereocenters. The number of amides is 1. The van der Waals surface area contributed by atoms with Crippen LogP contribution in [0.4, 0.5) is 5.69 Å². The summed E-state index contributed by atoms with van der Waals surface area (Å²) < 4.78 is 5.08. The lowest BCUT2D eigenvalue weighted by Gasteiger charge is -2.15. The maximum atomic E-state index is 12.2. The number of benzene rings is 2. The number of hydrogen-bond acceptors (Lipinski definition) is 3. The first-order valence-corrected chi connectivity index (χ1v) is 7.65. The molecule has 5 heteroatoms. The Balaban J connectivity index is 2.05. The molecule has 0 fully saturated rings. The average molecular weight is 328 g/mol. The third kappa shape index (κ3) is 4.29. The Bertz CT molecular complexity index is 716. The van der Waals surface area contributed by atoms with Gasteiger partial charge in [-0.3, -0.25) is 10.1 Å². The summed E-state index contributed by atoms with van der Waals surface area (Å²) in [4.78, 5) is 12.2. The van der Waals surface area contributed by atoms with Crippen LogP contribution >= 0.6 is 12.2 Å². The fourth-order valence-electron chi connectivity index (χ4n) is 2.44. The van der Waals surface area contributed by atoms with E-state index in [1.54, 1.807) is 31.4 Å². The van der Waals surface area contributed by atoms with E-state index in [1.165, 1.54) is 5.56 Å². The Morgan fingerprint density at radius 1 is 1.04 bits per heavy atom. The van der Waals surface area contributed by atoms with Crippen LogP contribution in [-0.2, 0) is 0 Å². The van der Waals surface area contributed by atoms with Crippen molar-refractivity contribution in [3.63, 3.8) is 0 Å². The minimum atomic E-state index is -0.257. The van der Waals surface area contributed by atoms with Gasteiger partial charge in [-0.05, 0) is 68.4 Å². The van der Waals surface area contributed by atoms with Gasteiger partial charge >= 0.3 is 0 Å². The number of carbonyl (C=O) groups excluding carboxylic acids is 1. The molecule has 1 amide bonds. The highest BCUT2D eigenvalue weighted by atomic mass is 32.1. The molecular weight excluding hydrogens is 308 g/mol. The summed E-state index contributed by atoms with van der Waals surface area (Å²) in [6.07, 6.45) is 0. The fraction of sp³-hybridized carbons (Fsp3) is 0.222. The number of aryl methyl sites for hydroxylation is 3. The monoisotopic (exact) mass is 328 g/mol. The molecule has 0 aliphatic rings. The molecule has 4 nitrogen and oxygen atoms in total. The third-order valence-electron chi connectivity index (χ3n) is 3.49. The molecule has 0 aliphatic heterocycles. The Morgan fingerprint density at radius 3 is 2.13 bits per heavy atom. The molecule has 0 spiro atoms. The van der Waals surface area contributed by atoms with Crippen LogP contribution in [-0.4, -0.2) is 18.1 Å². The Hall–Kier alpha value is -2.40. The second-order valence-electron chi connectivity index (χ2n) is 5.41. The zero-order valence-electron chi connectivity index (χ0n) is 13.7. The first-order chi connectivity index (χ1) is 10.9. The molecule has 120 valence electrons. The third-order valence-corrected chi connectivity index (χ3v) is 3.70. The number of carbonyl (C=O) groups is 1. The zero-order valence-corrected chi connectivity index (χ0v) is 14.5. The summed E-state index contributed by atoms with van der Waals surface area (Å²) >= 11 is 5.25. The van der Waals surface area contributed by atoms with Gasteiger partial charge in [0.2, 0.25) is 0 Å². The van der Waals surface area contributed by atoms with E-state index in [2.05, 4.69) is 22.8 Å². The minimum Gasteiger partial charge on any atom is -0.497 e. The number of thiocarbonyl (C=S) groups is 1. The highest BCUT2D eigenvalue weighted by molar-refractivity contribution is 7.80. The molecule has 0 radical (unpaired) electrons. The van der Waals surface area contributed by atoms with Crippen molar-refractivity contribution in [1.82, 2.24) is 5.32 Å². The lowest BCUT2D eigenvalue weighted by atomic mass is 10.1. The van der Waals surface area contributed by atoms with E-state index >= 15 is 0 Å². The Kier molecular flexibility index (Phi) is 5.34. The van der Waals surface area contributed by atoms with Gasteiger partial charge in [0.25, 0.3) is 5.91 Å². The number of rotatable bonds is 3. The van der Waals surface area contributed by atoms with Gasteiger partial charge in [0.05, 0.1) is 7.11 Å². The summed E-state index contributed by atoms with van der Waals surface area (Å²) in [7, 11) is 1.58. The van der Waals surface area contributed by atoms with Gasteiger partial charge in [0, 0.05) is 11.3 Å². The molecule has 2 aromatic carbocycles. The largest absolute Gasteiger partial charge is 0.497 e. The molecule has 0 aromatic heterocycles. The van der Waals surface area contributed by atoms with Crippen molar-refractivity contribution in [1.29, 1.82) is 0 Å². The van der Waals surface area contributed by atoms with Crippen LogP contribution in [0.15, 0.2) is 36.4 Å². The second kappa shape index (κ2) is 7.24. The van der Waals surface area contributed by atoms with Crippen LogP contribution in [0.2, 0.25) is 0 Å². The molecule has 0 unspecified atom stereocenters. The molecule has 2 aromatic rings. The molecule has 0 saturated heterocycles. The van der Waals surface area contributed by atoms with Gasteiger partial charge in [-0.15, -0.1) is 0 Å². The molecule has 23 heavy (non-hydrogen) atoms. The molecule has 0 saturated carbocycles. The smallest absolute Gasteiger partial charge is 0.257 e. The van der Waals surface area contributed by atoms with Crippen molar-refractivity contribution in [3.8, 4) is 5.75 Å². The summed E-state index contributed by atoms with van der Waals surface area (Å²) in [6, 6.07) is 11.0. The molecule has 0 heterocycles. The highest BCUT2D eigenvalue weighted by Gasteiger charge is 2.10. The van der Waals surface area contributed by atoms with Crippen LogP contribution in [0.25, 0.3) is 0 Å². The van der Waals surface area contributed by atoms with Gasteiger partial charge in [0.15, 0.2) is 5.11 Å². The molecule has 2 N–H and O–H groups in total. The topological polar surface area (TPSA) is 50.4 Å². The predicted molar refractivity (Wildman–Crippen MR) is 97.3 cm³/mol. The summed E-state index contributed by atoms with van der Waals surface area (Å²) in [6.45, 7) is 6.07. The standard InChI is InChI=1S/C18H20N2O2S/c1-11-9-12(2)16(13(3)10-11)19-18(23)20-17(21)14-5-7-15(22-4)8-6-14/h5-10H,1-4H3,(H2,19,20,21,23). The van der Waals surface area contributed by atoms with Crippen LogP contribution in [0.1, 0.15) is 27.0 Å². The van der Waals surface area contributed by atoms with E-state index < -0.39 is 0 Å². The highest BCUT2D eigenvalue weighted by Crippen LogP contribution is 2.21. The predicted octanol–water partition coefficient (Wildman–Crippen LogP) is 3.75. The van der Waals surface area contributed by atoms with Gasteiger partial charge in [-0.2, -0.15) is 0 Å². The second-order valence-corrected chi connectivity index (χ2v) is 5.82. The molecule has 2 rings (SSSR count). The fourth-order valence-corrected chi connectivity index (χ4v) is 2.63. The lowest BCUT2D eigenvalue weighted by Crippen LogP contribution is -2.34. The summed E-state index contributed by atoms with van der Waals surface area (Å²) in [5.41, 5.74) is 4.81. The minimum absolute atomic E-state index is 0.257. The van der Waals surface area contributed by atoms with Crippen molar-refractivity contribution < 1.29 is 9.53 Å². The van der Waals surface area contributed by atoms with Crippen LogP contribution in [0, 0.1) is 20.8 Å². The zero-order chi connectivity index (χ0) is 17.0. The SMILES string of the molecule is COc1ccc(C(=O)NC(=S)Nc2c(C)cc(C)cc2C)cc1. The van der Waals surface area contributed by atoms with Crippen molar-refractivity contribution >= 4 is 28.9 Å². The number of anilines is 1. The van der Waals surface area contributed by atoms with E-state index in [0.717, 1.165) is 16.8 Å². The van der Waals surface area contributed by atoms with Gasteiger partial charge < -0.3 is 10.1 Å². The normalized spacial score (nSPS) is 10.1. The average Bonchev–Trinajstić information content (AvgIpc) is 2.51. The van der Waals surface area contributed by atoms with Crippen molar-refractivity contribution in [2.24, 2.45) is 0 Å². The van der Waals surface area contributed by atoms with Crippen molar-refractivity contribution in [2.75, 3.05) is 12.4 Å². The van der Waals surface area contributed by atoms with E-state index in [4.69, 9.17) is 17.0 Å². The van der Waals surface area contributed by atoms with Crippen LogP contribution < -0.4 is 15.4 Å². The van der Waals surface area contributed by atoms with Crippen molar-refractivity contribution in [2.45, 2.75) is 20.8 Å². The number of ether oxygens (including phenoxy) is 1. The molecule has 0 bridgehead atoms. The van der Waals surface area contributed by atoms with E-state index in [9.17, 15) is 4.79 Å². The quantitative estimate of drug-likeness (QED) is 0.843. The first kappa shape index (κ1) is 17.0. The Morgan fingerprint density at radius 2 is 1.61 bits per heavy atom. The van der Waals surface area contributed by atoms with Gasteiger partial charge in [-0.1, -0.05) is 17.7 Å². The maximum Gasteiger partial charge on any atom is 0.257 e. The lowest BCUT2D eigenvalue weighted by molar-refractivity contribution is 0.0977. The van der Waals surface area contributed by atoms with Gasteiger partial charge in [-0.25, -0.2) is 0 Å². The first-order valence-electron chi connectivity index (χ1n) is 7.25. The molecule has 0 aliphatic carbocycles. The number of hydrogen-bond donors (Lipinski definition) is 2. The Labute approximate surface area is 141 Å².